The number of nitrogens with one attached hydrogen (secondary N) is 8. The number of rotatable bonds is 38. The van der Waals surface area contributed by atoms with E-state index in [1.54, 1.807) is 58.0 Å². The fraction of sp³-hybridized carbons (Fsp3) is 0.667. The zero-order chi connectivity index (χ0) is 61.5. The molecule has 0 aromatic heterocycles. The van der Waals surface area contributed by atoms with Crippen LogP contribution in [0, 0.1) is 17.8 Å². The monoisotopic (exact) mass is 1160 g/mol. The van der Waals surface area contributed by atoms with Gasteiger partial charge in [-0.3, -0.25) is 57.9 Å². The number of benzene rings is 1. The Kier molecular flexibility index (Phi) is 32.2. The van der Waals surface area contributed by atoms with Crippen LogP contribution in [0.3, 0.4) is 0 Å². The topological polar surface area (TPSA) is 471 Å². The Morgan fingerprint density at radius 1 is 0.622 bits per heavy atom. The van der Waals surface area contributed by atoms with Crippen molar-refractivity contribution >= 4 is 71.1 Å². The maximum Gasteiger partial charge on any atom is 0.322 e. The van der Waals surface area contributed by atoms with Gasteiger partial charge in [0.15, 0.2) is 11.9 Å². The highest BCUT2D eigenvalue weighted by atomic mass is 16.4. The van der Waals surface area contributed by atoms with Gasteiger partial charge in [-0.15, -0.1) is 0 Å². The summed E-state index contributed by atoms with van der Waals surface area (Å²) >= 11 is 0. The van der Waals surface area contributed by atoms with Gasteiger partial charge in [-0.05, 0) is 94.1 Å². The first kappa shape index (κ1) is 70.5. The Bertz CT molecular complexity index is 2320. The molecule has 2 rings (SSSR count). The summed E-state index contributed by atoms with van der Waals surface area (Å²) in [6, 6.07) is -0.686. The molecule has 21 N–H and O–H groups in total. The minimum Gasteiger partial charge on any atom is -0.480 e. The average Bonchev–Trinajstić information content (AvgIpc) is 4.16. The number of hydrogen-bond acceptors (Lipinski definition) is 14. The summed E-state index contributed by atoms with van der Waals surface area (Å²) in [6.07, 6.45) is 3.20. The maximum absolute atomic E-state index is 14.7. The molecule has 1 aromatic carbocycles. The molecule has 1 fully saturated rings. The number of carbonyl (C=O) groups excluding carboxylic acids is 9. The van der Waals surface area contributed by atoms with Gasteiger partial charge in [0, 0.05) is 26.1 Å². The van der Waals surface area contributed by atoms with Crippen molar-refractivity contribution in [3.63, 3.8) is 0 Å². The zero-order valence-corrected chi connectivity index (χ0v) is 48.5. The molecule has 0 radical (unpaired) electrons. The van der Waals surface area contributed by atoms with E-state index in [9.17, 15) is 47.9 Å². The molecule has 28 heteroatoms. The predicted molar refractivity (Wildman–Crippen MR) is 309 cm³/mol. The fourth-order valence-corrected chi connectivity index (χ4v) is 8.98. The van der Waals surface area contributed by atoms with Crippen molar-refractivity contribution in [2.24, 2.45) is 62.1 Å². The van der Waals surface area contributed by atoms with Crippen molar-refractivity contribution in [3.8, 4) is 0 Å². The standard InChI is InChI=1S/C54H93N17O11/c1-7-32(5)43(50(80)64-29-41(72)63-30-42(73)74)70-51(81)44(33(6)8-2)69-47(77)36(19-12-13-23-55)65-48(78)39(28-34-17-10-9-11-18-34)68-46(76)37(20-14-24-61-53(57)58)66-49(79)40-22-16-26-71(40)52(82)38(21-15-25-62-54(59)60)67-45(75)35(56)27-31(3)4/h9-11,17-18,31-33,35-40,43-44H,7-8,12-16,19-30,55-56H2,1-6H3,(H,63,72)(H,64,80)(H,65,78)(H,66,79)(H,67,75)(H,68,76)(H,69,77)(H,70,81)(H,73,74)(H4,57,58,61)(H4,59,60,62)/t32-,33-,35-,36-,37-,38-,39-,40-,43-,44-/m0/s1. The van der Waals surface area contributed by atoms with Crippen molar-refractivity contribution in [3.05, 3.63) is 35.9 Å². The molecule has 460 valence electrons. The first-order valence-electron chi connectivity index (χ1n) is 28.3. The van der Waals surface area contributed by atoms with Crippen LogP contribution in [0.4, 0.5) is 0 Å². The first-order valence-corrected chi connectivity index (χ1v) is 28.3. The number of carbonyl (C=O) groups is 10. The molecule has 0 aliphatic carbocycles. The van der Waals surface area contributed by atoms with Gasteiger partial charge in [0.1, 0.15) is 48.8 Å². The van der Waals surface area contributed by atoms with Crippen molar-refractivity contribution in [1.82, 2.24) is 47.4 Å². The van der Waals surface area contributed by atoms with Crippen molar-refractivity contribution < 1.29 is 53.1 Å². The van der Waals surface area contributed by atoms with E-state index >= 15 is 0 Å². The van der Waals surface area contributed by atoms with Crippen LogP contribution >= 0.6 is 0 Å². The lowest BCUT2D eigenvalue weighted by Crippen LogP contribution is -2.61. The molecule has 10 atom stereocenters. The van der Waals surface area contributed by atoms with E-state index < -0.39 is 132 Å². The molecule has 1 aliphatic heterocycles. The van der Waals surface area contributed by atoms with Gasteiger partial charge in [-0.1, -0.05) is 84.7 Å². The van der Waals surface area contributed by atoms with Gasteiger partial charge in [0.25, 0.3) is 0 Å². The van der Waals surface area contributed by atoms with E-state index in [1.807, 2.05) is 13.8 Å². The molecule has 1 heterocycles. The number of likely N-dealkylation sites (tertiary alicyclic amines) is 1. The molecule has 0 saturated carbocycles. The largest absolute Gasteiger partial charge is 0.480 e. The van der Waals surface area contributed by atoms with Crippen LogP contribution in [0.5, 0.6) is 0 Å². The van der Waals surface area contributed by atoms with Crippen LogP contribution in [0.2, 0.25) is 0 Å². The van der Waals surface area contributed by atoms with Crippen LogP contribution in [0.1, 0.15) is 124 Å². The van der Waals surface area contributed by atoms with Gasteiger partial charge in [-0.25, -0.2) is 0 Å². The maximum atomic E-state index is 14.7. The van der Waals surface area contributed by atoms with Gasteiger partial charge in [0.2, 0.25) is 53.2 Å². The van der Waals surface area contributed by atoms with E-state index in [2.05, 4.69) is 52.5 Å². The van der Waals surface area contributed by atoms with Gasteiger partial charge in [0.05, 0.1) is 12.6 Å². The molecule has 9 amide bonds. The molecule has 0 unspecified atom stereocenters. The Morgan fingerprint density at radius 3 is 1.70 bits per heavy atom. The number of nitrogens with two attached hydrogens (primary N) is 6. The van der Waals surface area contributed by atoms with E-state index in [0.717, 1.165) is 0 Å². The van der Waals surface area contributed by atoms with Crippen LogP contribution in [-0.4, -0.2) is 169 Å². The first-order chi connectivity index (χ1) is 38.8. The minimum atomic E-state index is -1.36. The molecule has 1 saturated heterocycles. The van der Waals surface area contributed by atoms with Crippen molar-refractivity contribution in [2.45, 2.75) is 173 Å². The van der Waals surface area contributed by atoms with E-state index in [1.165, 1.54) is 4.90 Å². The van der Waals surface area contributed by atoms with Crippen LogP contribution in [-0.2, 0) is 54.4 Å². The summed E-state index contributed by atoms with van der Waals surface area (Å²) in [6.45, 7) is 10.3. The summed E-state index contributed by atoms with van der Waals surface area (Å²) in [7, 11) is 0. The number of carboxylic acid groups (broad SMARTS) is 1. The Balaban J connectivity index is 2.52. The lowest BCUT2D eigenvalue weighted by atomic mass is 9.94. The summed E-state index contributed by atoms with van der Waals surface area (Å²) in [4.78, 5) is 146. The highest BCUT2D eigenvalue weighted by Gasteiger charge is 2.40. The van der Waals surface area contributed by atoms with Crippen LogP contribution in [0.25, 0.3) is 0 Å². The Hall–Kier alpha value is -7.62. The average molecular weight is 1160 g/mol. The highest BCUT2D eigenvalue weighted by Crippen LogP contribution is 2.21. The third-order valence-corrected chi connectivity index (χ3v) is 14.0. The van der Waals surface area contributed by atoms with Gasteiger partial charge >= 0.3 is 5.97 Å². The van der Waals surface area contributed by atoms with Crippen molar-refractivity contribution in [2.75, 3.05) is 39.3 Å². The van der Waals surface area contributed by atoms with Crippen LogP contribution < -0.4 is 76.9 Å². The Labute approximate surface area is 480 Å². The number of hydrogen-bond donors (Lipinski definition) is 15. The number of unbranched alkanes of at least 4 members (excludes halogenated alkanes) is 1. The molecule has 1 aliphatic rings. The number of carboxylic acids is 1. The molecule has 0 spiro atoms. The summed E-state index contributed by atoms with van der Waals surface area (Å²) < 4.78 is 0. The summed E-state index contributed by atoms with van der Waals surface area (Å²) in [5, 5.41) is 30.1. The molecular formula is C54H93N17O11. The number of aliphatic imine (C=N–C) groups is 2. The zero-order valence-electron chi connectivity index (χ0n) is 48.5. The lowest BCUT2D eigenvalue weighted by Gasteiger charge is -2.31. The minimum absolute atomic E-state index is 0.0310. The second-order valence-electron chi connectivity index (χ2n) is 21.2. The third kappa shape index (κ3) is 25.9. The summed E-state index contributed by atoms with van der Waals surface area (Å²) in [5.41, 5.74) is 34.8. The van der Waals surface area contributed by atoms with Gasteiger partial charge < -0.3 is 86.9 Å². The van der Waals surface area contributed by atoms with E-state index in [-0.39, 0.29) is 82.5 Å². The quantitative estimate of drug-likeness (QED) is 0.0180. The van der Waals surface area contributed by atoms with Crippen LogP contribution in [0.15, 0.2) is 40.3 Å². The Morgan fingerprint density at radius 2 is 1.13 bits per heavy atom. The van der Waals surface area contributed by atoms with Gasteiger partial charge in [-0.2, -0.15) is 0 Å². The van der Waals surface area contributed by atoms with Crippen molar-refractivity contribution in [1.29, 1.82) is 0 Å². The van der Waals surface area contributed by atoms with E-state index in [0.29, 0.717) is 50.5 Å². The SMILES string of the molecule is CC[C@H](C)[C@H](NC(=O)[C@H](CCCCN)NC(=O)[C@H](Cc1ccccc1)NC(=O)[C@H](CCCN=C(N)N)NC(=O)[C@@H]1CCCN1C(=O)[C@H](CCCN=C(N)N)NC(=O)[C@@H](N)CC(C)C)C(=O)N[C@H](C(=O)NCC(=O)NCC(=O)O)[C@@H](C)CC. The second kappa shape index (κ2) is 37.4. The molecule has 28 nitrogen and oxygen atoms in total. The third-order valence-electron chi connectivity index (χ3n) is 14.0. The fourth-order valence-electron chi connectivity index (χ4n) is 8.98. The molecule has 0 bridgehead atoms. The molecule has 1 aromatic rings. The number of amides is 9. The lowest BCUT2D eigenvalue weighted by molar-refractivity contribution is -0.142. The number of nitrogens with zero attached hydrogens (tertiary/aromatic N) is 3. The smallest absolute Gasteiger partial charge is 0.322 e. The summed E-state index contributed by atoms with van der Waals surface area (Å²) in [5.74, 6) is -8.76. The number of aliphatic carboxylic acids is 1. The normalized spacial score (nSPS) is 16.2. The highest BCUT2D eigenvalue weighted by molar-refractivity contribution is 5.98. The predicted octanol–water partition coefficient (Wildman–Crippen LogP) is -2.85. The number of guanidine groups is 2. The molecule has 82 heavy (non-hydrogen) atoms. The second-order valence-corrected chi connectivity index (χ2v) is 21.2. The van der Waals surface area contributed by atoms with E-state index in [4.69, 9.17) is 39.5 Å². The molecular weight excluding hydrogens is 1060 g/mol.